The molecule has 1 aromatic carbocycles. The van der Waals surface area contributed by atoms with Crippen molar-refractivity contribution in [3.05, 3.63) is 33.8 Å². The minimum atomic E-state index is 0.0260. The van der Waals surface area contributed by atoms with Gasteiger partial charge in [0.2, 0.25) is 0 Å². The van der Waals surface area contributed by atoms with Gasteiger partial charge in [0.05, 0.1) is 25.9 Å². The number of benzene rings is 1. The van der Waals surface area contributed by atoms with Crippen LogP contribution in [0.25, 0.3) is 0 Å². The van der Waals surface area contributed by atoms with E-state index in [4.69, 9.17) is 32.7 Å². The molecule has 5 heteroatoms. The maximum Gasteiger partial charge on any atom is 0.0701 e. The molecule has 0 radical (unpaired) electrons. The monoisotopic (exact) mass is 277 g/mol. The molecule has 1 unspecified atom stereocenters. The number of hydrogen-bond donors (Lipinski definition) is 1. The third-order valence-electron chi connectivity index (χ3n) is 2.40. The van der Waals surface area contributed by atoms with Gasteiger partial charge in [-0.25, -0.2) is 0 Å². The number of ether oxygens (including phenoxy) is 2. The molecule has 0 aliphatic heterocycles. The van der Waals surface area contributed by atoms with Gasteiger partial charge in [-0.05, 0) is 30.8 Å². The Hall–Kier alpha value is -0.320. The van der Waals surface area contributed by atoms with Gasteiger partial charge in [0.25, 0.3) is 0 Å². The van der Waals surface area contributed by atoms with Crippen molar-refractivity contribution in [1.29, 1.82) is 0 Å². The van der Waals surface area contributed by atoms with Crippen molar-refractivity contribution >= 4 is 23.2 Å². The highest BCUT2D eigenvalue weighted by Crippen LogP contribution is 2.26. The molecule has 1 atom stereocenters. The molecule has 0 aromatic heterocycles. The standard InChI is InChI=1S/C12H17Cl2NO2/c1-15-12(8-17-6-5-16-2)10-7-9(13)3-4-11(10)14/h3-4,7,12,15H,5-6,8H2,1-2H3. The summed E-state index contributed by atoms with van der Waals surface area (Å²) in [5, 5.41) is 4.51. The van der Waals surface area contributed by atoms with E-state index in [1.807, 2.05) is 13.1 Å². The lowest BCUT2D eigenvalue weighted by Crippen LogP contribution is -2.23. The zero-order chi connectivity index (χ0) is 12.7. The molecule has 0 bridgehead atoms. The van der Waals surface area contributed by atoms with Gasteiger partial charge >= 0.3 is 0 Å². The van der Waals surface area contributed by atoms with E-state index >= 15 is 0 Å². The van der Waals surface area contributed by atoms with Gasteiger partial charge < -0.3 is 14.8 Å². The smallest absolute Gasteiger partial charge is 0.0701 e. The van der Waals surface area contributed by atoms with Crippen LogP contribution in [-0.2, 0) is 9.47 Å². The summed E-state index contributed by atoms with van der Waals surface area (Å²) in [7, 11) is 3.51. The second kappa shape index (κ2) is 7.90. The fraction of sp³-hybridized carbons (Fsp3) is 0.500. The van der Waals surface area contributed by atoms with Crippen LogP contribution in [0.5, 0.6) is 0 Å². The predicted molar refractivity (Wildman–Crippen MR) is 71.0 cm³/mol. The first kappa shape index (κ1) is 14.7. The number of hydrogen-bond acceptors (Lipinski definition) is 3. The second-order valence-corrected chi connectivity index (χ2v) is 4.42. The maximum atomic E-state index is 6.13. The van der Waals surface area contributed by atoms with Gasteiger partial charge in [-0.2, -0.15) is 0 Å². The van der Waals surface area contributed by atoms with E-state index in [1.54, 1.807) is 19.2 Å². The molecule has 0 spiro atoms. The Kier molecular flexibility index (Phi) is 6.85. The van der Waals surface area contributed by atoms with E-state index < -0.39 is 0 Å². The molecule has 17 heavy (non-hydrogen) atoms. The molecule has 96 valence electrons. The van der Waals surface area contributed by atoms with Crippen LogP contribution in [0.1, 0.15) is 11.6 Å². The highest BCUT2D eigenvalue weighted by Gasteiger charge is 2.13. The Labute approximate surface area is 112 Å². The minimum Gasteiger partial charge on any atom is -0.382 e. The van der Waals surface area contributed by atoms with Crippen LogP contribution in [-0.4, -0.2) is 34.0 Å². The van der Waals surface area contributed by atoms with Crippen molar-refractivity contribution in [3.63, 3.8) is 0 Å². The van der Waals surface area contributed by atoms with Crippen LogP contribution in [0, 0.1) is 0 Å². The Bertz CT molecular complexity index is 347. The summed E-state index contributed by atoms with van der Waals surface area (Å²) >= 11 is 12.1. The highest BCUT2D eigenvalue weighted by atomic mass is 35.5. The van der Waals surface area contributed by atoms with Crippen molar-refractivity contribution in [2.45, 2.75) is 6.04 Å². The maximum absolute atomic E-state index is 6.13. The lowest BCUT2D eigenvalue weighted by Gasteiger charge is -2.18. The normalized spacial score (nSPS) is 12.7. The summed E-state index contributed by atoms with van der Waals surface area (Å²) in [4.78, 5) is 0. The van der Waals surface area contributed by atoms with Gasteiger partial charge in [0.15, 0.2) is 0 Å². The number of methoxy groups -OCH3 is 1. The van der Waals surface area contributed by atoms with Crippen molar-refractivity contribution in [1.82, 2.24) is 5.32 Å². The molecule has 0 fully saturated rings. The van der Waals surface area contributed by atoms with Crippen molar-refractivity contribution < 1.29 is 9.47 Å². The average Bonchev–Trinajstić information content (AvgIpc) is 2.33. The Balaban J connectivity index is 2.62. The number of halogens is 2. The van der Waals surface area contributed by atoms with Gasteiger partial charge in [-0.3, -0.25) is 0 Å². The van der Waals surface area contributed by atoms with E-state index in [1.165, 1.54) is 0 Å². The van der Waals surface area contributed by atoms with E-state index in [2.05, 4.69) is 5.32 Å². The SMILES string of the molecule is CNC(COCCOC)c1cc(Cl)ccc1Cl. The first-order valence-electron chi connectivity index (χ1n) is 5.38. The summed E-state index contributed by atoms with van der Waals surface area (Å²) in [6, 6.07) is 5.44. The number of likely N-dealkylation sites (N-methyl/N-ethyl adjacent to an activating group) is 1. The van der Waals surface area contributed by atoms with Gasteiger partial charge in [0, 0.05) is 17.2 Å². The topological polar surface area (TPSA) is 30.5 Å². The van der Waals surface area contributed by atoms with Crippen molar-refractivity contribution in [2.24, 2.45) is 0 Å². The first-order valence-corrected chi connectivity index (χ1v) is 6.13. The summed E-state index contributed by atoms with van der Waals surface area (Å²) in [6.45, 7) is 1.67. The van der Waals surface area contributed by atoms with E-state index in [0.29, 0.717) is 29.9 Å². The summed E-state index contributed by atoms with van der Waals surface area (Å²) in [5.74, 6) is 0. The predicted octanol–water partition coefficient (Wildman–Crippen LogP) is 2.92. The van der Waals surface area contributed by atoms with E-state index in [9.17, 15) is 0 Å². The molecule has 1 aromatic rings. The van der Waals surface area contributed by atoms with Gasteiger partial charge in [-0.15, -0.1) is 0 Å². The second-order valence-electron chi connectivity index (χ2n) is 3.57. The zero-order valence-corrected chi connectivity index (χ0v) is 11.5. The molecule has 1 N–H and O–H groups in total. The largest absolute Gasteiger partial charge is 0.382 e. The quantitative estimate of drug-likeness (QED) is 0.778. The average molecular weight is 278 g/mol. The van der Waals surface area contributed by atoms with Crippen LogP contribution < -0.4 is 5.32 Å². The molecule has 0 amide bonds. The molecule has 0 saturated heterocycles. The van der Waals surface area contributed by atoms with Crippen LogP contribution >= 0.6 is 23.2 Å². The van der Waals surface area contributed by atoms with Gasteiger partial charge in [0.1, 0.15) is 0 Å². The molecule has 1 rings (SSSR count). The van der Waals surface area contributed by atoms with Crippen molar-refractivity contribution in [2.75, 3.05) is 34.0 Å². The number of nitrogens with one attached hydrogen (secondary N) is 1. The third-order valence-corrected chi connectivity index (χ3v) is 2.98. The van der Waals surface area contributed by atoms with Crippen LogP contribution in [0.2, 0.25) is 10.0 Å². The molecule has 0 aliphatic carbocycles. The molecular weight excluding hydrogens is 261 g/mol. The summed E-state index contributed by atoms with van der Waals surface area (Å²) < 4.78 is 10.4. The zero-order valence-electron chi connectivity index (χ0n) is 10.0. The first-order chi connectivity index (χ1) is 8.19. The van der Waals surface area contributed by atoms with Crippen LogP contribution in [0.4, 0.5) is 0 Å². The molecule has 0 heterocycles. The fourth-order valence-corrected chi connectivity index (χ4v) is 1.88. The van der Waals surface area contributed by atoms with Crippen molar-refractivity contribution in [3.8, 4) is 0 Å². The molecule has 3 nitrogen and oxygen atoms in total. The molecule has 0 aliphatic rings. The summed E-state index contributed by atoms with van der Waals surface area (Å²) in [5.41, 5.74) is 0.944. The Morgan fingerprint density at radius 1 is 1.29 bits per heavy atom. The fourth-order valence-electron chi connectivity index (χ4n) is 1.45. The Morgan fingerprint density at radius 3 is 2.71 bits per heavy atom. The molecule has 0 saturated carbocycles. The Morgan fingerprint density at radius 2 is 2.06 bits per heavy atom. The summed E-state index contributed by atoms with van der Waals surface area (Å²) in [6.07, 6.45) is 0. The van der Waals surface area contributed by atoms with Crippen LogP contribution in [0.15, 0.2) is 18.2 Å². The van der Waals surface area contributed by atoms with Crippen LogP contribution in [0.3, 0.4) is 0 Å². The molecular formula is C12H17Cl2NO2. The number of rotatable bonds is 7. The van der Waals surface area contributed by atoms with E-state index in [-0.39, 0.29) is 6.04 Å². The highest BCUT2D eigenvalue weighted by molar-refractivity contribution is 6.33. The lowest BCUT2D eigenvalue weighted by molar-refractivity contribution is 0.0596. The minimum absolute atomic E-state index is 0.0260. The van der Waals surface area contributed by atoms with Gasteiger partial charge in [-0.1, -0.05) is 23.2 Å². The lowest BCUT2D eigenvalue weighted by atomic mass is 10.1. The van der Waals surface area contributed by atoms with E-state index in [0.717, 1.165) is 5.56 Å². The third kappa shape index (κ3) is 4.82.